The fourth-order valence-electron chi connectivity index (χ4n) is 6.06. The third kappa shape index (κ3) is 3.45. The van der Waals surface area contributed by atoms with Crippen molar-refractivity contribution in [2.24, 2.45) is 17.6 Å². The molecular weight excluding hydrogens is 421 g/mol. The molecule has 0 spiro atoms. The van der Waals surface area contributed by atoms with Crippen LogP contribution in [0.25, 0.3) is 0 Å². The molecule has 5 rings (SSSR count). The number of carbonyl (C=O) groups is 2. The molecule has 2 bridgehead atoms. The Bertz CT molecular complexity index is 959. The number of nitrogens with zero attached hydrogens (tertiary/aromatic N) is 3. The van der Waals surface area contributed by atoms with E-state index >= 15 is 0 Å². The number of amides is 2. The summed E-state index contributed by atoms with van der Waals surface area (Å²) >= 11 is 0. The molecule has 6 atom stereocenters. The second-order valence-corrected chi connectivity index (χ2v) is 9.62. The molecule has 2 amide bonds. The van der Waals surface area contributed by atoms with E-state index in [0.717, 1.165) is 37.8 Å². The molecule has 2 N–H and O–H groups in total. The Labute approximate surface area is 184 Å². The van der Waals surface area contributed by atoms with Crippen LogP contribution in [-0.2, 0) is 11.0 Å². The van der Waals surface area contributed by atoms with Crippen LogP contribution in [0.1, 0.15) is 54.4 Å². The van der Waals surface area contributed by atoms with Gasteiger partial charge in [-0.3, -0.25) is 9.59 Å². The first kappa shape index (κ1) is 21.3. The molecule has 3 aliphatic heterocycles. The second-order valence-electron chi connectivity index (χ2n) is 9.62. The lowest BCUT2D eigenvalue weighted by Crippen LogP contribution is -2.55. The van der Waals surface area contributed by atoms with Gasteiger partial charge < -0.3 is 15.5 Å². The van der Waals surface area contributed by atoms with Gasteiger partial charge in [-0.05, 0) is 74.6 Å². The quantitative estimate of drug-likeness (QED) is 0.773. The summed E-state index contributed by atoms with van der Waals surface area (Å²) in [7, 11) is 0. The molecule has 1 aromatic rings. The summed E-state index contributed by atoms with van der Waals surface area (Å²) in [6.07, 6.45) is 0.00612. The number of rotatable bonds is 3. The van der Waals surface area contributed by atoms with Crippen LogP contribution in [0.3, 0.4) is 0 Å². The molecule has 3 heterocycles. The first-order valence-corrected chi connectivity index (χ1v) is 11.2. The summed E-state index contributed by atoms with van der Waals surface area (Å²) in [5.74, 6) is -0.0769. The van der Waals surface area contributed by atoms with Crippen LogP contribution < -0.4 is 5.73 Å². The molecule has 4 aliphatic rings. The van der Waals surface area contributed by atoms with E-state index in [-0.39, 0.29) is 41.4 Å². The Balaban J connectivity index is 1.27. The number of fused-ring (bicyclic) bond motifs is 3. The molecule has 1 aromatic carbocycles. The predicted molar refractivity (Wildman–Crippen MR) is 108 cm³/mol. The fraction of sp³-hybridized carbons (Fsp3) is 0.609. The molecule has 9 heteroatoms. The largest absolute Gasteiger partial charge is 0.416 e. The Morgan fingerprint density at radius 2 is 1.66 bits per heavy atom. The fourth-order valence-corrected chi connectivity index (χ4v) is 6.06. The zero-order valence-corrected chi connectivity index (χ0v) is 17.5. The van der Waals surface area contributed by atoms with E-state index in [1.165, 1.54) is 12.1 Å². The van der Waals surface area contributed by atoms with Crippen LogP contribution >= 0.6 is 0 Å². The SMILES string of the molecule is N#C[C@@H]1C[C@@H]2C[C@@H]2N1C(=O)[C@@H](N)C1C[C@@H]2CC[C@@H](C1)N2C(=O)c1ccc(C(F)(F)F)cc1. The molecule has 32 heavy (non-hydrogen) atoms. The highest BCUT2D eigenvalue weighted by Gasteiger charge is 2.56. The summed E-state index contributed by atoms with van der Waals surface area (Å²) < 4.78 is 38.5. The van der Waals surface area contributed by atoms with E-state index in [2.05, 4.69) is 6.07 Å². The molecule has 1 aliphatic carbocycles. The number of nitriles is 1. The van der Waals surface area contributed by atoms with Gasteiger partial charge in [-0.25, -0.2) is 0 Å². The van der Waals surface area contributed by atoms with Crippen molar-refractivity contribution >= 4 is 11.8 Å². The molecular formula is C23H25F3N4O2. The average Bonchev–Trinajstić information content (AvgIpc) is 3.36. The Hall–Kier alpha value is -2.60. The minimum atomic E-state index is -4.44. The smallest absolute Gasteiger partial charge is 0.333 e. The van der Waals surface area contributed by atoms with Crippen molar-refractivity contribution in [3.63, 3.8) is 0 Å². The summed E-state index contributed by atoms with van der Waals surface area (Å²) in [5.41, 5.74) is 5.86. The maximum absolute atomic E-state index is 13.1. The number of hydrogen-bond donors (Lipinski definition) is 1. The van der Waals surface area contributed by atoms with Crippen molar-refractivity contribution in [1.29, 1.82) is 5.26 Å². The Kier molecular flexibility index (Phi) is 4.97. The van der Waals surface area contributed by atoms with E-state index in [0.29, 0.717) is 18.8 Å². The minimum Gasteiger partial charge on any atom is -0.333 e. The van der Waals surface area contributed by atoms with Gasteiger partial charge >= 0.3 is 6.18 Å². The number of alkyl halides is 3. The summed E-state index contributed by atoms with van der Waals surface area (Å²) in [6.45, 7) is 0. The van der Waals surface area contributed by atoms with Gasteiger partial charge in [0.15, 0.2) is 0 Å². The van der Waals surface area contributed by atoms with Gasteiger partial charge in [0.25, 0.3) is 5.91 Å². The molecule has 0 unspecified atom stereocenters. The third-order valence-electron chi connectivity index (χ3n) is 7.76. The summed E-state index contributed by atoms with van der Waals surface area (Å²) in [4.78, 5) is 29.7. The lowest BCUT2D eigenvalue weighted by atomic mass is 9.84. The number of carbonyl (C=O) groups excluding carboxylic acids is 2. The third-order valence-corrected chi connectivity index (χ3v) is 7.76. The van der Waals surface area contributed by atoms with Crippen molar-refractivity contribution in [3.8, 4) is 6.07 Å². The number of piperidine rings is 2. The van der Waals surface area contributed by atoms with E-state index < -0.39 is 23.8 Å². The highest BCUT2D eigenvalue weighted by Crippen LogP contribution is 2.48. The van der Waals surface area contributed by atoms with E-state index in [4.69, 9.17) is 5.73 Å². The normalized spacial score (nSPS) is 34.1. The number of halogens is 3. The maximum atomic E-state index is 13.1. The van der Waals surface area contributed by atoms with Crippen LogP contribution in [0, 0.1) is 23.2 Å². The molecule has 6 nitrogen and oxygen atoms in total. The van der Waals surface area contributed by atoms with E-state index in [9.17, 15) is 28.0 Å². The lowest BCUT2D eigenvalue weighted by molar-refractivity contribution is -0.137. The summed E-state index contributed by atoms with van der Waals surface area (Å²) in [6, 6.07) is 5.45. The van der Waals surface area contributed by atoms with Crippen LogP contribution in [0.15, 0.2) is 24.3 Å². The number of hydrogen-bond acceptors (Lipinski definition) is 4. The zero-order chi connectivity index (χ0) is 22.8. The van der Waals surface area contributed by atoms with Crippen LogP contribution in [-0.4, -0.2) is 51.8 Å². The monoisotopic (exact) mass is 446 g/mol. The maximum Gasteiger partial charge on any atom is 0.416 e. The van der Waals surface area contributed by atoms with Gasteiger partial charge in [-0.1, -0.05) is 0 Å². The molecule has 0 radical (unpaired) electrons. The van der Waals surface area contributed by atoms with Crippen molar-refractivity contribution in [3.05, 3.63) is 35.4 Å². The molecule has 4 fully saturated rings. The minimum absolute atomic E-state index is 0.0752. The van der Waals surface area contributed by atoms with Crippen LogP contribution in [0.4, 0.5) is 13.2 Å². The van der Waals surface area contributed by atoms with Crippen molar-refractivity contribution in [2.75, 3.05) is 0 Å². The van der Waals surface area contributed by atoms with Gasteiger partial charge in [-0.2, -0.15) is 18.4 Å². The summed E-state index contributed by atoms with van der Waals surface area (Å²) in [5, 5.41) is 9.38. The first-order chi connectivity index (χ1) is 15.2. The lowest BCUT2D eigenvalue weighted by Gasteiger charge is -2.41. The van der Waals surface area contributed by atoms with Crippen LogP contribution in [0.2, 0.25) is 0 Å². The Morgan fingerprint density at radius 1 is 1.03 bits per heavy atom. The van der Waals surface area contributed by atoms with Gasteiger partial charge in [0.1, 0.15) is 6.04 Å². The zero-order valence-electron chi connectivity index (χ0n) is 17.5. The highest BCUT2D eigenvalue weighted by atomic mass is 19.4. The van der Waals surface area contributed by atoms with Crippen molar-refractivity contribution in [1.82, 2.24) is 9.80 Å². The molecule has 170 valence electrons. The van der Waals surface area contributed by atoms with Crippen molar-refractivity contribution in [2.45, 2.75) is 74.9 Å². The highest BCUT2D eigenvalue weighted by molar-refractivity contribution is 5.95. The topological polar surface area (TPSA) is 90.4 Å². The first-order valence-electron chi connectivity index (χ1n) is 11.2. The van der Waals surface area contributed by atoms with Gasteiger partial charge in [0.2, 0.25) is 5.91 Å². The number of nitrogens with two attached hydrogens (primary N) is 1. The average molecular weight is 446 g/mol. The Morgan fingerprint density at radius 3 is 2.22 bits per heavy atom. The van der Waals surface area contributed by atoms with Gasteiger partial charge in [0.05, 0.1) is 17.7 Å². The molecule has 3 saturated heterocycles. The predicted octanol–water partition coefficient (Wildman–Crippen LogP) is 2.93. The van der Waals surface area contributed by atoms with Crippen LogP contribution in [0.5, 0.6) is 0 Å². The number of likely N-dealkylation sites (tertiary alicyclic amines) is 1. The van der Waals surface area contributed by atoms with E-state index in [1.807, 2.05) is 0 Å². The van der Waals surface area contributed by atoms with E-state index in [1.54, 1.807) is 9.80 Å². The number of benzene rings is 1. The van der Waals surface area contributed by atoms with Gasteiger partial charge in [0, 0.05) is 23.7 Å². The second kappa shape index (κ2) is 7.48. The molecule has 1 saturated carbocycles. The van der Waals surface area contributed by atoms with Crippen molar-refractivity contribution < 1.29 is 22.8 Å². The standard InChI is InChI=1S/C23H25F3N4O2/c24-23(25,26)15-3-1-12(2-4-15)21(31)29-16-5-6-17(29)9-14(8-16)20(28)22(32)30-18(11-27)7-13-10-19(13)30/h1-4,13-14,16-20H,5-10,28H2/t13-,16+,17+,18+,19+,20+/m1/s1. The molecule has 0 aromatic heterocycles. The van der Waals surface area contributed by atoms with Gasteiger partial charge in [-0.15, -0.1) is 0 Å².